The molecule has 0 N–H and O–H groups in total. The van der Waals surface area contributed by atoms with Gasteiger partial charge in [0.15, 0.2) is 6.10 Å². The van der Waals surface area contributed by atoms with E-state index in [1.165, 1.54) is 70.6 Å². The van der Waals surface area contributed by atoms with Gasteiger partial charge in [-0.3, -0.25) is 14.4 Å². The number of hydrogen-bond donors (Lipinski definition) is 0. The molecule has 0 fully saturated rings. The normalized spacial score (nSPS) is 13.0. The summed E-state index contributed by atoms with van der Waals surface area (Å²) in [6, 6.07) is 0. The van der Waals surface area contributed by atoms with Crippen LogP contribution in [0.15, 0.2) is 109 Å². The Morgan fingerprint density at radius 1 is 0.339 bits per heavy atom. The van der Waals surface area contributed by atoms with E-state index in [1.54, 1.807) is 0 Å². The van der Waals surface area contributed by atoms with E-state index in [1.807, 2.05) is 12.2 Å². The molecule has 0 rings (SSSR count). The van der Waals surface area contributed by atoms with Gasteiger partial charge in [0.1, 0.15) is 13.2 Å². The third-order valence-corrected chi connectivity index (χ3v) is 10.0. The van der Waals surface area contributed by atoms with Crippen molar-refractivity contribution in [3.63, 3.8) is 0 Å². The van der Waals surface area contributed by atoms with E-state index in [0.29, 0.717) is 19.3 Å². The summed E-state index contributed by atoms with van der Waals surface area (Å²) in [7, 11) is 0. The summed E-state index contributed by atoms with van der Waals surface area (Å²) in [5, 5.41) is 0. The van der Waals surface area contributed by atoms with Crippen molar-refractivity contribution in [2.24, 2.45) is 0 Å². The predicted octanol–water partition coefficient (Wildman–Crippen LogP) is 16.4. The highest BCUT2D eigenvalue weighted by molar-refractivity contribution is 5.71. The number of carbonyl (C=O) groups excluding carboxylic acids is 3. The van der Waals surface area contributed by atoms with Crippen molar-refractivity contribution in [2.75, 3.05) is 13.2 Å². The second kappa shape index (κ2) is 49.7. The standard InChI is InChI=1S/C56H90O6/c1-4-7-10-13-16-19-22-24-26-27-28-29-30-32-34-37-40-43-46-49-55(58)61-52-53(51-60-54(57)48-45-42-39-36-33-21-18-15-12-9-6-3)62-56(59)50-47-44-41-38-35-31-25-23-20-17-14-11-8-5-2/h7,9-10,12,16,18-19,21,24,26,28-29,32,34,36,39-40,43,53H,4-6,8,11,13-15,17,20,22-23,25,27,30-31,33,35,37-38,41-42,44-52H2,1-3H3/b10-7-,12-9-,19-16-,21-18-,26-24-,29-28-,34-32-,39-36-,43-40-. The van der Waals surface area contributed by atoms with Crippen molar-refractivity contribution in [2.45, 2.75) is 213 Å². The molecule has 350 valence electrons. The molecule has 0 spiro atoms. The maximum atomic E-state index is 12.8. The third kappa shape index (κ3) is 47.1. The summed E-state index contributed by atoms with van der Waals surface area (Å²) in [5.74, 6) is -1.07. The van der Waals surface area contributed by atoms with Crippen LogP contribution < -0.4 is 0 Å². The van der Waals surface area contributed by atoms with Crippen LogP contribution in [0.4, 0.5) is 0 Å². The molecule has 1 atom stereocenters. The van der Waals surface area contributed by atoms with Crippen molar-refractivity contribution in [1.29, 1.82) is 0 Å². The van der Waals surface area contributed by atoms with E-state index in [9.17, 15) is 14.4 Å². The molecule has 0 bridgehead atoms. The highest BCUT2D eigenvalue weighted by Gasteiger charge is 2.19. The minimum absolute atomic E-state index is 0.128. The lowest BCUT2D eigenvalue weighted by molar-refractivity contribution is -0.166. The molecule has 1 unspecified atom stereocenters. The molecule has 6 heteroatoms. The molecule has 0 aromatic carbocycles. The van der Waals surface area contributed by atoms with E-state index in [2.05, 4.69) is 118 Å². The van der Waals surface area contributed by atoms with Gasteiger partial charge in [-0.2, -0.15) is 0 Å². The largest absolute Gasteiger partial charge is 0.462 e. The zero-order valence-corrected chi connectivity index (χ0v) is 39.8. The first-order valence-electron chi connectivity index (χ1n) is 24.9. The van der Waals surface area contributed by atoms with Gasteiger partial charge in [-0.05, 0) is 83.5 Å². The number of esters is 3. The van der Waals surface area contributed by atoms with Crippen molar-refractivity contribution in [1.82, 2.24) is 0 Å². The fourth-order valence-electron chi connectivity index (χ4n) is 6.37. The lowest BCUT2D eigenvalue weighted by atomic mass is 10.0. The number of ether oxygens (including phenoxy) is 3. The summed E-state index contributed by atoms with van der Waals surface area (Å²) in [6.07, 6.45) is 66.7. The van der Waals surface area contributed by atoms with Crippen LogP contribution in [0, 0.1) is 0 Å². The van der Waals surface area contributed by atoms with Crippen molar-refractivity contribution in [3.8, 4) is 0 Å². The number of carbonyl (C=O) groups is 3. The van der Waals surface area contributed by atoms with Gasteiger partial charge in [0, 0.05) is 19.3 Å². The first kappa shape index (κ1) is 58.1. The Morgan fingerprint density at radius 2 is 0.661 bits per heavy atom. The van der Waals surface area contributed by atoms with E-state index in [0.717, 1.165) is 83.5 Å². The van der Waals surface area contributed by atoms with Crippen molar-refractivity contribution in [3.05, 3.63) is 109 Å². The predicted molar refractivity (Wildman–Crippen MR) is 265 cm³/mol. The quantitative estimate of drug-likeness (QED) is 0.0263. The minimum Gasteiger partial charge on any atom is -0.462 e. The van der Waals surface area contributed by atoms with Crippen LogP contribution in [-0.2, 0) is 28.6 Å². The van der Waals surface area contributed by atoms with Crippen LogP contribution in [0.2, 0.25) is 0 Å². The molecule has 0 saturated carbocycles. The molecule has 0 aliphatic heterocycles. The summed E-state index contributed by atoms with van der Waals surface area (Å²) >= 11 is 0. The van der Waals surface area contributed by atoms with Gasteiger partial charge in [-0.15, -0.1) is 0 Å². The van der Waals surface area contributed by atoms with E-state index < -0.39 is 6.10 Å². The minimum atomic E-state index is -0.827. The Bertz CT molecular complexity index is 1310. The summed E-state index contributed by atoms with van der Waals surface area (Å²) < 4.78 is 16.6. The van der Waals surface area contributed by atoms with Crippen LogP contribution >= 0.6 is 0 Å². The fourth-order valence-corrected chi connectivity index (χ4v) is 6.37. The van der Waals surface area contributed by atoms with Gasteiger partial charge in [-0.25, -0.2) is 0 Å². The first-order valence-corrected chi connectivity index (χ1v) is 24.9. The van der Waals surface area contributed by atoms with Crippen molar-refractivity contribution < 1.29 is 28.6 Å². The Kier molecular flexibility index (Phi) is 46.6. The number of rotatable bonds is 43. The molecule has 0 aromatic rings. The number of allylic oxidation sites excluding steroid dienone is 18. The van der Waals surface area contributed by atoms with Crippen molar-refractivity contribution >= 4 is 17.9 Å². The summed E-state index contributed by atoms with van der Waals surface area (Å²) in [6.45, 7) is 6.28. The van der Waals surface area contributed by atoms with E-state index in [-0.39, 0.29) is 44.0 Å². The fraction of sp³-hybridized carbons (Fsp3) is 0.625. The zero-order chi connectivity index (χ0) is 45.1. The smallest absolute Gasteiger partial charge is 0.306 e. The molecule has 0 saturated heterocycles. The highest BCUT2D eigenvalue weighted by Crippen LogP contribution is 2.14. The Labute approximate surface area is 380 Å². The number of unbranched alkanes of at least 4 members (excludes halogenated alkanes) is 14. The average Bonchev–Trinajstić information content (AvgIpc) is 3.27. The highest BCUT2D eigenvalue weighted by atomic mass is 16.6. The van der Waals surface area contributed by atoms with Gasteiger partial charge in [0.05, 0.1) is 0 Å². The molecular weight excluding hydrogens is 769 g/mol. The van der Waals surface area contributed by atoms with Gasteiger partial charge in [0.2, 0.25) is 0 Å². The maximum absolute atomic E-state index is 12.8. The summed E-state index contributed by atoms with van der Waals surface area (Å²) in [5.41, 5.74) is 0. The van der Waals surface area contributed by atoms with Crippen LogP contribution in [0.5, 0.6) is 0 Å². The molecular formula is C56H90O6. The lowest BCUT2D eigenvalue weighted by Crippen LogP contribution is -2.30. The van der Waals surface area contributed by atoms with Gasteiger partial charge >= 0.3 is 17.9 Å². The second-order valence-electron chi connectivity index (χ2n) is 16.0. The zero-order valence-electron chi connectivity index (χ0n) is 39.8. The maximum Gasteiger partial charge on any atom is 0.306 e. The third-order valence-electron chi connectivity index (χ3n) is 10.0. The van der Waals surface area contributed by atoms with Crippen LogP contribution in [-0.4, -0.2) is 37.2 Å². The molecule has 6 nitrogen and oxygen atoms in total. The molecule has 0 aliphatic carbocycles. The molecule has 0 aliphatic rings. The van der Waals surface area contributed by atoms with Gasteiger partial charge < -0.3 is 14.2 Å². The van der Waals surface area contributed by atoms with Crippen LogP contribution in [0.3, 0.4) is 0 Å². The van der Waals surface area contributed by atoms with Crippen LogP contribution in [0.25, 0.3) is 0 Å². The lowest BCUT2D eigenvalue weighted by Gasteiger charge is -2.18. The molecule has 0 heterocycles. The topological polar surface area (TPSA) is 78.9 Å². The molecule has 0 radical (unpaired) electrons. The molecule has 62 heavy (non-hydrogen) atoms. The monoisotopic (exact) mass is 859 g/mol. The number of hydrogen-bond acceptors (Lipinski definition) is 6. The Hall–Kier alpha value is -3.93. The van der Waals surface area contributed by atoms with E-state index in [4.69, 9.17) is 14.2 Å². The van der Waals surface area contributed by atoms with Gasteiger partial charge in [-0.1, -0.05) is 214 Å². The average molecular weight is 859 g/mol. The molecule has 0 aromatic heterocycles. The van der Waals surface area contributed by atoms with Gasteiger partial charge in [0.25, 0.3) is 0 Å². The van der Waals surface area contributed by atoms with Crippen LogP contribution in [0.1, 0.15) is 207 Å². The Balaban J connectivity index is 4.53. The second-order valence-corrected chi connectivity index (χ2v) is 16.0. The van der Waals surface area contributed by atoms with E-state index >= 15 is 0 Å². The first-order chi connectivity index (χ1) is 30.5. The summed E-state index contributed by atoms with van der Waals surface area (Å²) in [4.78, 5) is 37.8. The molecule has 0 amide bonds. The Morgan fingerprint density at radius 3 is 1.06 bits per heavy atom. The SMILES string of the molecule is CC/C=C\C/C=C\C/C=C\C/C=C\C/C=C\C/C=C\CCC(=O)OCC(COC(=O)CCC/C=C\C/C=C\C/C=C\CC)OC(=O)CCCCCCCCCCCCCCCC.